The quantitative estimate of drug-likeness (QED) is 0.450. The number of nitrogens with zero attached hydrogens (tertiary/aromatic N) is 1. The van der Waals surface area contributed by atoms with E-state index in [1.807, 2.05) is 26.0 Å². The minimum atomic E-state index is 0.535. The van der Waals surface area contributed by atoms with Gasteiger partial charge in [0.15, 0.2) is 0 Å². The first kappa shape index (κ1) is 9.92. The van der Waals surface area contributed by atoms with Crippen LogP contribution in [0.15, 0.2) is 0 Å². The van der Waals surface area contributed by atoms with E-state index >= 15 is 0 Å². The van der Waals surface area contributed by atoms with E-state index in [1.165, 1.54) is 0 Å². The van der Waals surface area contributed by atoms with Crippen LogP contribution in [-0.2, 0) is 0 Å². The van der Waals surface area contributed by atoms with E-state index in [0.29, 0.717) is 15.6 Å². The Kier molecular flexibility index (Phi) is 15.3. The van der Waals surface area contributed by atoms with E-state index in [1.54, 1.807) is 0 Å². The van der Waals surface area contributed by atoms with Crippen molar-refractivity contribution in [2.24, 2.45) is 0 Å². The van der Waals surface area contributed by atoms with Crippen LogP contribution in [0.4, 0.5) is 0 Å². The predicted octanol–water partition coefficient (Wildman–Crippen LogP) is -0.317. The average Bonchev–Trinajstić information content (AvgIpc) is 1.41. The first-order chi connectivity index (χ1) is 2.73. The van der Waals surface area contributed by atoms with Crippen molar-refractivity contribution in [1.82, 2.24) is 4.90 Å². The third kappa shape index (κ3) is 110. The van der Waals surface area contributed by atoms with Gasteiger partial charge in [0.2, 0.25) is 0 Å². The van der Waals surface area contributed by atoms with E-state index in [9.17, 15) is 0 Å². The topological polar surface area (TPSA) is 3.24 Å². The summed E-state index contributed by atoms with van der Waals surface area (Å²) in [7, 11) is 10.8. The van der Waals surface area contributed by atoms with Crippen LogP contribution >= 0.6 is 10.0 Å². The summed E-state index contributed by atoms with van der Waals surface area (Å²) in [5.74, 6) is 0. The molecule has 0 aliphatic heterocycles. The van der Waals surface area contributed by atoms with Crippen LogP contribution in [0.1, 0.15) is 0 Å². The van der Waals surface area contributed by atoms with Gasteiger partial charge in [-0.05, 0) is 21.1 Å². The van der Waals surface area contributed by atoms with Crippen LogP contribution in [0.3, 0.4) is 0 Å². The molecule has 0 aliphatic carbocycles. The average molecular weight is 170 g/mol. The van der Waals surface area contributed by atoms with Crippen LogP contribution in [0.5, 0.6) is 0 Å². The maximum absolute atomic E-state index is 4.83. The van der Waals surface area contributed by atoms with Gasteiger partial charge in [-0.2, -0.15) is 0 Å². The molecular weight excluding hydrogens is 158 g/mol. The van der Waals surface area contributed by atoms with E-state index in [4.69, 9.17) is 10.0 Å². The first-order valence-electron chi connectivity index (χ1n) is 1.72. The van der Waals surface area contributed by atoms with E-state index in [2.05, 4.69) is 0 Å². The summed E-state index contributed by atoms with van der Waals surface area (Å²) in [6.07, 6.45) is 0. The molecule has 0 saturated heterocycles. The van der Waals surface area contributed by atoms with E-state index < -0.39 is 0 Å². The van der Waals surface area contributed by atoms with Gasteiger partial charge in [0, 0.05) is 0 Å². The fraction of sp³-hybridized carbons (Fsp3) is 1.00. The fourth-order valence-electron chi connectivity index (χ4n) is 0. The molecule has 0 saturated carbocycles. The predicted molar refractivity (Wildman–Crippen MR) is 35.4 cm³/mol. The Hall–Kier alpha value is 0.793. The fourth-order valence-corrected chi connectivity index (χ4v) is 0. The summed E-state index contributed by atoms with van der Waals surface area (Å²) in [5, 5.41) is 0. The number of hydrogen-bond acceptors (Lipinski definition) is 1. The first-order valence-corrected chi connectivity index (χ1v) is 7.23. The summed E-state index contributed by atoms with van der Waals surface area (Å²) in [6.45, 7) is 0. The zero-order chi connectivity index (χ0) is 5.58. The number of rotatable bonds is 0. The monoisotopic (exact) mass is 171 g/mol. The van der Waals surface area contributed by atoms with Crippen LogP contribution in [0.2, 0.25) is 0 Å². The Morgan fingerprint density at radius 2 is 1.17 bits per heavy atom. The molecule has 0 aromatic carbocycles. The van der Waals surface area contributed by atoms with Crippen molar-refractivity contribution >= 4 is 25.6 Å². The van der Waals surface area contributed by atoms with Crippen LogP contribution in [0, 0.1) is 0 Å². The molecular formula is C3H12ClGeN. The van der Waals surface area contributed by atoms with E-state index in [-0.39, 0.29) is 0 Å². The second-order valence-corrected chi connectivity index (χ2v) is 1.34. The van der Waals surface area contributed by atoms with Gasteiger partial charge in [-0.3, -0.25) is 0 Å². The molecule has 0 aromatic rings. The van der Waals surface area contributed by atoms with Gasteiger partial charge in [0.05, 0.1) is 0 Å². The molecule has 0 bridgehead atoms. The van der Waals surface area contributed by atoms with Crippen molar-refractivity contribution in [2.45, 2.75) is 0 Å². The van der Waals surface area contributed by atoms with Gasteiger partial charge in [-0.25, -0.2) is 0 Å². The summed E-state index contributed by atoms with van der Waals surface area (Å²) >= 11 is 0.535. The van der Waals surface area contributed by atoms with E-state index in [0.717, 1.165) is 0 Å². The summed E-state index contributed by atoms with van der Waals surface area (Å²) in [4.78, 5) is 2.00. The Morgan fingerprint density at radius 1 is 1.17 bits per heavy atom. The molecule has 0 rings (SSSR count). The maximum atomic E-state index is 4.83. The Balaban J connectivity index is 0. The van der Waals surface area contributed by atoms with Crippen molar-refractivity contribution in [2.75, 3.05) is 21.1 Å². The second kappa shape index (κ2) is 9.25. The molecule has 0 spiro atoms. The van der Waals surface area contributed by atoms with Crippen LogP contribution in [0.25, 0.3) is 0 Å². The molecule has 0 unspecified atom stereocenters. The van der Waals surface area contributed by atoms with Crippen LogP contribution < -0.4 is 0 Å². The van der Waals surface area contributed by atoms with Crippen molar-refractivity contribution in [3.8, 4) is 0 Å². The standard InChI is InChI=1S/C3H9N.ClGeH3/c1-4(2)3;1-2/h1-3H3;2H3. The molecule has 40 valence electrons. The molecule has 6 heavy (non-hydrogen) atoms. The van der Waals surface area contributed by atoms with Gasteiger partial charge >= 0.3 is 25.6 Å². The second-order valence-electron chi connectivity index (χ2n) is 1.34. The molecule has 0 heterocycles. The zero-order valence-electron chi connectivity index (χ0n) is 4.83. The Morgan fingerprint density at radius 3 is 1.17 bits per heavy atom. The minimum absolute atomic E-state index is 0.535. The van der Waals surface area contributed by atoms with Gasteiger partial charge in [0.25, 0.3) is 0 Å². The molecule has 1 nitrogen and oxygen atoms in total. The molecule has 0 fully saturated rings. The van der Waals surface area contributed by atoms with Crippen molar-refractivity contribution in [1.29, 1.82) is 0 Å². The molecule has 3 heteroatoms. The molecule has 0 aliphatic rings. The third-order valence-electron chi connectivity index (χ3n) is 0. The number of halogens is 1. The summed E-state index contributed by atoms with van der Waals surface area (Å²) in [5.41, 5.74) is 0. The Labute approximate surface area is 52.1 Å². The molecule has 0 radical (unpaired) electrons. The van der Waals surface area contributed by atoms with Crippen LogP contribution in [-0.4, -0.2) is 41.6 Å². The molecule has 0 atom stereocenters. The van der Waals surface area contributed by atoms with Crippen molar-refractivity contribution in [3.63, 3.8) is 0 Å². The van der Waals surface area contributed by atoms with Crippen molar-refractivity contribution < 1.29 is 0 Å². The normalized spacial score (nSPS) is 7.50. The van der Waals surface area contributed by atoms with Gasteiger partial charge in [-0.15, -0.1) is 0 Å². The zero-order valence-corrected chi connectivity index (χ0v) is 9.78. The SMILES string of the molecule is CN(C)C.[Cl][GeH3]. The molecule has 0 aromatic heterocycles. The number of hydrogen-bond donors (Lipinski definition) is 0. The van der Waals surface area contributed by atoms with Crippen molar-refractivity contribution in [3.05, 3.63) is 0 Å². The Bertz CT molecular complexity index is 15.5. The summed E-state index contributed by atoms with van der Waals surface area (Å²) in [6, 6.07) is 0. The van der Waals surface area contributed by atoms with Gasteiger partial charge in [-0.1, -0.05) is 0 Å². The third-order valence-corrected chi connectivity index (χ3v) is 0. The molecule has 0 N–H and O–H groups in total. The summed E-state index contributed by atoms with van der Waals surface area (Å²) < 4.78 is 0. The van der Waals surface area contributed by atoms with Gasteiger partial charge < -0.3 is 4.90 Å². The molecule has 0 amide bonds. The van der Waals surface area contributed by atoms with Gasteiger partial charge in [0.1, 0.15) is 0 Å².